The molecule has 0 saturated carbocycles. The number of ether oxygens (including phenoxy) is 3. The summed E-state index contributed by atoms with van der Waals surface area (Å²) in [4.78, 5) is 0. The molecule has 13 heteroatoms. The molecule has 4 saturated heterocycles. The van der Waals surface area contributed by atoms with Crippen molar-refractivity contribution >= 4 is 23.5 Å². The third-order valence-corrected chi connectivity index (χ3v) is 16.4. The summed E-state index contributed by atoms with van der Waals surface area (Å²) in [5.74, 6) is 0. The zero-order valence-corrected chi connectivity index (χ0v) is 26.0. The van der Waals surface area contributed by atoms with Crippen LogP contribution in [0, 0.1) is 0 Å². The minimum Gasteiger partial charge on any atom is -0.411 e. The highest BCUT2D eigenvalue weighted by atomic mass is 31.2. The lowest BCUT2D eigenvalue weighted by Gasteiger charge is -2.39. The average Bonchev–Trinajstić information content (AvgIpc) is 3.52. The Morgan fingerprint density at radius 3 is 2.39 bits per heavy atom. The lowest BCUT2D eigenvalue weighted by atomic mass is 10.2. The summed E-state index contributed by atoms with van der Waals surface area (Å²) in [5, 5.41) is -0.0332. The summed E-state index contributed by atoms with van der Waals surface area (Å²) < 4.78 is 107. The van der Waals surface area contributed by atoms with E-state index in [9.17, 15) is 9.13 Å². The summed E-state index contributed by atoms with van der Waals surface area (Å²) in [5.41, 5.74) is 0. The number of hydrogen-bond donors (Lipinski definition) is 0. The van der Waals surface area contributed by atoms with E-state index >= 15 is 0 Å². The molecular weight excluding hydrogens is 550 g/mol. The Hall–Kier alpha value is 0.357. The van der Waals surface area contributed by atoms with Crippen molar-refractivity contribution in [2.24, 2.45) is 0 Å². The van der Waals surface area contributed by atoms with E-state index in [1.54, 1.807) is 0 Å². The number of fused-ring (bicyclic) bond motifs is 1. The molecule has 0 aliphatic carbocycles. The van der Waals surface area contributed by atoms with Gasteiger partial charge in [-0.3, -0.25) is 9.13 Å². The molecule has 4 fully saturated rings. The van der Waals surface area contributed by atoms with E-state index in [2.05, 4.69) is 33.9 Å². The van der Waals surface area contributed by atoms with Crippen molar-refractivity contribution in [3.05, 3.63) is 0 Å². The van der Waals surface area contributed by atoms with Gasteiger partial charge in [0.2, 0.25) is 0 Å². The predicted octanol–water partition coefficient (Wildman–Crippen LogP) is 5.75. The van der Waals surface area contributed by atoms with Crippen molar-refractivity contribution in [2.75, 3.05) is 45.3 Å². The van der Waals surface area contributed by atoms with E-state index < -0.39 is 73.8 Å². The first-order valence-corrected chi connectivity index (χ1v) is 19.9. The molecule has 0 aromatic carbocycles. The second kappa shape index (κ2) is 12.7. The van der Waals surface area contributed by atoms with Crippen LogP contribution in [0.3, 0.4) is 0 Å². The van der Waals surface area contributed by atoms with Crippen LogP contribution in [0.1, 0.15) is 65.3 Å². The quantitative estimate of drug-likeness (QED) is 0.263. The fourth-order valence-electron chi connectivity index (χ4n) is 4.43. The molecule has 4 aliphatic heterocycles. The molecule has 38 heavy (non-hydrogen) atoms. The Kier molecular flexibility index (Phi) is 8.70. The number of rotatable bonds is 7. The van der Waals surface area contributed by atoms with Gasteiger partial charge in [0.25, 0.3) is 0 Å². The molecule has 4 rings (SSSR count). The van der Waals surface area contributed by atoms with Crippen LogP contribution in [-0.4, -0.2) is 90.2 Å². The normalized spacial score (nSPS) is 48.9. The van der Waals surface area contributed by atoms with Crippen LogP contribution in [0.5, 0.6) is 0 Å². The maximum absolute atomic E-state index is 14.1. The molecule has 0 spiro atoms. The molecule has 11 atom stereocenters. The second-order valence-electron chi connectivity index (χ2n) is 11.9. The van der Waals surface area contributed by atoms with Gasteiger partial charge in [0, 0.05) is 34.0 Å². The molecule has 0 aromatic rings. The smallest absolute Gasteiger partial charge is 0.331 e. The Morgan fingerprint density at radius 1 is 0.974 bits per heavy atom. The van der Waals surface area contributed by atoms with Gasteiger partial charge in [0.1, 0.15) is 12.2 Å². The molecule has 222 valence electrons. The molecule has 3 unspecified atom stereocenters. The topological polar surface area (TPSA) is 108 Å². The molecule has 0 bridgehead atoms. The lowest BCUT2D eigenvalue weighted by Crippen LogP contribution is -2.46. The highest BCUT2D eigenvalue weighted by Crippen LogP contribution is 2.56. The fraction of sp³-hybridized carbons (Fsp3) is 1.00. The molecule has 10 nitrogen and oxygen atoms in total. The van der Waals surface area contributed by atoms with Crippen LogP contribution >= 0.6 is 15.2 Å². The van der Waals surface area contributed by atoms with Crippen molar-refractivity contribution in [1.29, 1.82) is 0 Å². The molecule has 0 radical (unpaired) electrons. The standard InChI is InChI=1S/C25H48O10P2Si/c1-19-20(9-12-28-19)33-36(26)15-7-8-16-37(27,34-21-10-13-29-23(21)17-31-36)32-18-24-22(11-14-30-24)35-38(5,6)25(2,3)4/h19-24H,7-18H2,1-6H3/t19-,20?,21?,22?,23-,24-,36+,37-/m1/s1/i1D,12T,13T,14T/t12-,13-,14-,19+,20?,21?,22?,23+,24+,36-,37+/m0. The Bertz CT molecular complexity index is 1010. The third-order valence-electron chi connectivity index (χ3n) is 7.87. The molecule has 4 aliphatic rings. The van der Waals surface area contributed by atoms with E-state index in [1.165, 1.54) is 0 Å². The maximum Gasteiger partial charge on any atom is 0.331 e. The van der Waals surface area contributed by atoms with Gasteiger partial charge in [-0.15, -0.1) is 0 Å². The Balaban J connectivity index is 1.44. The van der Waals surface area contributed by atoms with Gasteiger partial charge in [-0.25, -0.2) is 0 Å². The lowest BCUT2D eigenvalue weighted by molar-refractivity contribution is -0.00760. The van der Waals surface area contributed by atoms with Gasteiger partial charge in [-0.2, -0.15) is 0 Å². The first-order valence-electron chi connectivity index (χ1n) is 16.0. The van der Waals surface area contributed by atoms with E-state index in [0.717, 1.165) is 0 Å². The summed E-state index contributed by atoms with van der Waals surface area (Å²) in [6, 6.07) is 0. The van der Waals surface area contributed by atoms with Crippen molar-refractivity contribution < 1.29 is 51.3 Å². The van der Waals surface area contributed by atoms with Gasteiger partial charge >= 0.3 is 15.2 Å². The third kappa shape index (κ3) is 8.00. The van der Waals surface area contributed by atoms with Gasteiger partial charge < -0.3 is 36.7 Å². The van der Waals surface area contributed by atoms with Crippen molar-refractivity contribution in [3.63, 3.8) is 0 Å². The Labute approximate surface area is 234 Å². The van der Waals surface area contributed by atoms with Gasteiger partial charge in [0.05, 0.1) is 54.1 Å². The monoisotopic (exact) mass is 605 g/mol. The summed E-state index contributed by atoms with van der Waals surface area (Å²) in [6.45, 7) is 7.73. The van der Waals surface area contributed by atoms with E-state index in [1.807, 2.05) is 0 Å². The zero-order valence-electron chi connectivity index (χ0n) is 27.2. The average molecular weight is 606 g/mol. The van der Waals surface area contributed by atoms with Crippen LogP contribution < -0.4 is 0 Å². The van der Waals surface area contributed by atoms with Crippen LogP contribution in [0.25, 0.3) is 0 Å². The van der Waals surface area contributed by atoms with Crippen molar-refractivity contribution in [1.82, 2.24) is 0 Å². The molecular formula is C25H48O10P2Si. The first-order chi connectivity index (χ1) is 19.5. The van der Waals surface area contributed by atoms with Crippen LogP contribution in [-0.2, 0) is 45.9 Å². The van der Waals surface area contributed by atoms with E-state index in [-0.39, 0.29) is 56.4 Å². The highest BCUT2D eigenvalue weighted by molar-refractivity contribution is 7.54. The minimum absolute atomic E-state index is 0.0332. The van der Waals surface area contributed by atoms with Crippen LogP contribution in [0.15, 0.2) is 0 Å². The molecule has 0 aromatic heterocycles. The fourth-order valence-corrected chi connectivity index (χ4v) is 9.62. The predicted molar refractivity (Wildman–Crippen MR) is 147 cm³/mol. The van der Waals surface area contributed by atoms with E-state index in [4.69, 9.17) is 42.2 Å². The summed E-state index contributed by atoms with van der Waals surface area (Å²) in [7, 11) is -9.59. The summed E-state index contributed by atoms with van der Waals surface area (Å²) >= 11 is 0. The minimum atomic E-state index is -3.73. The van der Waals surface area contributed by atoms with E-state index in [0.29, 0.717) is 19.3 Å². The maximum atomic E-state index is 14.1. The first kappa shape index (κ1) is 26.0. The van der Waals surface area contributed by atoms with Gasteiger partial charge in [0.15, 0.2) is 8.32 Å². The number of hydrogen-bond acceptors (Lipinski definition) is 10. The molecule has 4 heterocycles. The van der Waals surface area contributed by atoms with Crippen molar-refractivity contribution in [2.45, 2.75) is 115 Å². The Morgan fingerprint density at radius 2 is 1.66 bits per heavy atom. The largest absolute Gasteiger partial charge is 0.411 e. The summed E-state index contributed by atoms with van der Waals surface area (Å²) in [6.07, 6.45) is -2.44. The van der Waals surface area contributed by atoms with Crippen molar-refractivity contribution in [3.8, 4) is 0 Å². The SMILES string of the molecule is [2H]C[C@H]1O[C@@H]([3H])CC1O[P@]1(=O)CCCC[P@@](=O)(OC[C@H]2O[C@@H]([3H])CC2O[Si](C)(C)C(C)(C)C)OC2C[C@H]([3H])O[C@@H]2CO1. The van der Waals surface area contributed by atoms with Crippen LogP contribution in [0.2, 0.25) is 18.1 Å². The zero-order chi connectivity index (χ0) is 30.9. The molecule has 0 N–H and O–H groups in total. The second-order valence-corrected chi connectivity index (χ2v) is 20.9. The highest BCUT2D eigenvalue weighted by Gasteiger charge is 2.45. The van der Waals surface area contributed by atoms with Crippen LogP contribution in [0.4, 0.5) is 0 Å². The van der Waals surface area contributed by atoms with Gasteiger partial charge in [-0.05, 0) is 44.3 Å². The van der Waals surface area contributed by atoms with Gasteiger partial charge in [-0.1, -0.05) is 20.8 Å². The molecule has 0 amide bonds.